The highest BCUT2D eigenvalue weighted by Crippen LogP contribution is 2.45. The van der Waals surface area contributed by atoms with Gasteiger partial charge in [-0.15, -0.1) is 0 Å². The summed E-state index contributed by atoms with van der Waals surface area (Å²) in [5, 5.41) is 7.34. The van der Waals surface area contributed by atoms with Crippen molar-refractivity contribution in [3.63, 3.8) is 0 Å². The number of ether oxygens (including phenoxy) is 1. The summed E-state index contributed by atoms with van der Waals surface area (Å²) >= 11 is 0. The van der Waals surface area contributed by atoms with Gasteiger partial charge in [0, 0.05) is 32.0 Å². The Morgan fingerprint density at radius 1 is 1.55 bits per heavy atom. The Bertz CT molecular complexity index is 526. The molecule has 108 valence electrons. The predicted octanol–water partition coefficient (Wildman–Crippen LogP) is 1.47. The van der Waals surface area contributed by atoms with Gasteiger partial charge in [0.1, 0.15) is 0 Å². The van der Waals surface area contributed by atoms with Gasteiger partial charge in [-0.2, -0.15) is 5.10 Å². The maximum Gasteiger partial charge on any atom is 0.323 e. The van der Waals surface area contributed by atoms with Crippen molar-refractivity contribution in [2.45, 2.75) is 37.8 Å². The molecule has 6 nitrogen and oxygen atoms in total. The Hall–Kier alpha value is -1.56. The Morgan fingerprint density at radius 3 is 3.15 bits per heavy atom. The molecule has 0 aromatic carbocycles. The topological polar surface area (TPSA) is 59.4 Å². The fourth-order valence-electron chi connectivity index (χ4n) is 3.87. The normalized spacial score (nSPS) is 30.9. The minimum absolute atomic E-state index is 0.0485. The van der Waals surface area contributed by atoms with Gasteiger partial charge in [-0.25, -0.2) is 4.79 Å². The molecular weight excluding hydrogens is 256 g/mol. The van der Waals surface area contributed by atoms with E-state index in [-0.39, 0.29) is 11.6 Å². The molecule has 2 bridgehead atoms. The van der Waals surface area contributed by atoms with Gasteiger partial charge in [-0.05, 0) is 31.6 Å². The minimum Gasteiger partial charge on any atom is -0.376 e. The van der Waals surface area contributed by atoms with Crippen molar-refractivity contribution in [3.8, 4) is 0 Å². The number of aryl methyl sites for hydroxylation is 2. The number of nitrogens with one attached hydrogen (secondary N) is 1. The summed E-state index contributed by atoms with van der Waals surface area (Å²) in [4.78, 5) is 14.2. The lowest BCUT2D eigenvalue weighted by atomic mass is 9.67. The summed E-state index contributed by atoms with van der Waals surface area (Å²) in [6, 6.07) is 1.94. The second-order valence-corrected chi connectivity index (χ2v) is 6.32. The third-order valence-corrected chi connectivity index (χ3v) is 4.90. The zero-order chi connectivity index (χ0) is 13.7. The number of methoxy groups -OCH3 is 1. The largest absolute Gasteiger partial charge is 0.376 e. The van der Waals surface area contributed by atoms with E-state index in [4.69, 9.17) is 4.74 Å². The van der Waals surface area contributed by atoms with Crippen LogP contribution < -0.4 is 5.32 Å². The lowest BCUT2D eigenvalue weighted by Crippen LogP contribution is -2.63. The number of hydrogen-bond acceptors (Lipinski definition) is 3. The van der Waals surface area contributed by atoms with Crippen molar-refractivity contribution >= 4 is 11.8 Å². The van der Waals surface area contributed by atoms with Crippen LogP contribution in [0.3, 0.4) is 0 Å². The zero-order valence-electron chi connectivity index (χ0n) is 11.8. The van der Waals surface area contributed by atoms with Crippen LogP contribution in [0.25, 0.3) is 0 Å². The molecule has 0 radical (unpaired) electrons. The number of carbonyl (C=O) groups excluding carboxylic acids is 1. The van der Waals surface area contributed by atoms with Crippen molar-refractivity contribution in [2.75, 3.05) is 25.5 Å². The summed E-state index contributed by atoms with van der Waals surface area (Å²) < 4.78 is 7.57. The van der Waals surface area contributed by atoms with E-state index in [0.717, 1.165) is 38.8 Å². The number of carbonyl (C=O) groups is 1. The van der Waals surface area contributed by atoms with Gasteiger partial charge in [0.15, 0.2) is 5.82 Å². The van der Waals surface area contributed by atoms with Gasteiger partial charge in [0.05, 0.1) is 12.1 Å². The number of fused-ring (bicyclic) bond motifs is 3. The fraction of sp³-hybridized carbons (Fsp3) is 0.714. The smallest absolute Gasteiger partial charge is 0.323 e. The van der Waals surface area contributed by atoms with Gasteiger partial charge in [0.25, 0.3) is 0 Å². The summed E-state index contributed by atoms with van der Waals surface area (Å²) in [5.41, 5.74) is 1.13. The SMILES string of the molecule is COC12CC(CN(C(=O)Nc3cc4n(n3)CCC4)C1)C2. The first kappa shape index (κ1) is 12.2. The number of anilines is 1. The molecule has 1 aromatic heterocycles. The molecule has 5 rings (SSSR count). The lowest BCUT2D eigenvalue weighted by molar-refractivity contribution is -0.149. The van der Waals surface area contributed by atoms with E-state index in [0.29, 0.717) is 18.3 Å². The van der Waals surface area contributed by atoms with Crippen LogP contribution in [0.4, 0.5) is 10.6 Å². The van der Waals surface area contributed by atoms with Gasteiger partial charge < -0.3 is 9.64 Å². The number of nitrogens with zero attached hydrogens (tertiary/aromatic N) is 3. The number of aromatic nitrogens is 2. The molecule has 4 aliphatic rings. The van der Waals surface area contributed by atoms with Crippen LogP contribution in [0.2, 0.25) is 0 Å². The second kappa shape index (κ2) is 4.22. The minimum atomic E-state index is -0.0871. The van der Waals surface area contributed by atoms with Crippen molar-refractivity contribution in [1.29, 1.82) is 0 Å². The first-order valence-electron chi connectivity index (χ1n) is 7.35. The molecular formula is C14H20N4O2. The van der Waals surface area contributed by atoms with E-state index in [1.165, 1.54) is 5.69 Å². The molecule has 1 saturated carbocycles. The molecule has 3 fully saturated rings. The van der Waals surface area contributed by atoms with Crippen molar-refractivity contribution in [2.24, 2.45) is 5.92 Å². The lowest BCUT2D eigenvalue weighted by Gasteiger charge is -2.55. The molecule has 1 aliphatic carbocycles. The summed E-state index contributed by atoms with van der Waals surface area (Å²) in [7, 11) is 1.75. The van der Waals surface area contributed by atoms with E-state index in [1.807, 2.05) is 15.6 Å². The van der Waals surface area contributed by atoms with Gasteiger partial charge in [-0.1, -0.05) is 0 Å². The summed E-state index contributed by atoms with van der Waals surface area (Å²) in [5.74, 6) is 1.27. The molecule has 0 atom stereocenters. The molecule has 20 heavy (non-hydrogen) atoms. The van der Waals surface area contributed by atoms with Crippen molar-refractivity contribution in [1.82, 2.24) is 14.7 Å². The molecule has 1 aromatic rings. The Labute approximate surface area is 118 Å². The van der Waals surface area contributed by atoms with E-state index in [9.17, 15) is 4.79 Å². The van der Waals surface area contributed by atoms with Crippen LogP contribution in [0.5, 0.6) is 0 Å². The molecule has 2 amide bonds. The third-order valence-electron chi connectivity index (χ3n) is 4.90. The van der Waals surface area contributed by atoms with E-state index < -0.39 is 0 Å². The Balaban J connectivity index is 1.42. The average Bonchev–Trinajstić information content (AvgIpc) is 2.98. The molecule has 3 aliphatic heterocycles. The highest BCUT2D eigenvalue weighted by Gasteiger charge is 2.51. The van der Waals surface area contributed by atoms with Crippen LogP contribution in [0.1, 0.15) is 25.0 Å². The van der Waals surface area contributed by atoms with Crippen LogP contribution in [-0.4, -0.2) is 46.5 Å². The summed E-state index contributed by atoms with van der Waals surface area (Å²) in [6.45, 7) is 2.49. The van der Waals surface area contributed by atoms with E-state index in [2.05, 4.69) is 10.4 Å². The van der Waals surface area contributed by atoms with Crippen LogP contribution in [0, 0.1) is 5.92 Å². The number of rotatable bonds is 2. The molecule has 1 N–H and O–H groups in total. The molecule has 6 heteroatoms. The first-order chi connectivity index (χ1) is 9.67. The monoisotopic (exact) mass is 276 g/mol. The van der Waals surface area contributed by atoms with Crippen molar-refractivity contribution < 1.29 is 9.53 Å². The Morgan fingerprint density at radius 2 is 2.40 bits per heavy atom. The van der Waals surface area contributed by atoms with Gasteiger partial charge in [-0.3, -0.25) is 10.00 Å². The van der Waals surface area contributed by atoms with Crippen LogP contribution in [0.15, 0.2) is 6.07 Å². The second-order valence-electron chi connectivity index (χ2n) is 6.32. The van der Waals surface area contributed by atoms with E-state index in [1.54, 1.807) is 7.11 Å². The predicted molar refractivity (Wildman–Crippen MR) is 73.6 cm³/mol. The van der Waals surface area contributed by atoms with Gasteiger partial charge >= 0.3 is 6.03 Å². The highest BCUT2D eigenvalue weighted by molar-refractivity contribution is 5.88. The maximum atomic E-state index is 12.3. The standard InChI is InChI=1S/C14H20N4O2/c1-20-14-6-10(7-14)8-17(9-14)13(19)15-12-5-11-3-2-4-18(11)16-12/h5,10H,2-4,6-9H2,1H3,(H,15,16,19). The maximum absolute atomic E-state index is 12.3. The number of amides is 2. The fourth-order valence-corrected chi connectivity index (χ4v) is 3.87. The molecule has 0 unspecified atom stereocenters. The average molecular weight is 276 g/mol. The molecule has 2 saturated heterocycles. The summed E-state index contributed by atoms with van der Waals surface area (Å²) in [6.07, 6.45) is 4.39. The first-order valence-corrected chi connectivity index (χ1v) is 7.35. The Kier molecular flexibility index (Phi) is 2.57. The van der Waals surface area contributed by atoms with Crippen LogP contribution >= 0.6 is 0 Å². The molecule has 0 spiro atoms. The van der Waals surface area contributed by atoms with Gasteiger partial charge in [0.2, 0.25) is 0 Å². The van der Waals surface area contributed by atoms with E-state index >= 15 is 0 Å². The zero-order valence-corrected chi connectivity index (χ0v) is 11.8. The quantitative estimate of drug-likeness (QED) is 0.890. The number of piperidine rings is 2. The highest BCUT2D eigenvalue weighted by atomic mass is 16.5. The third kappa shape index (κ3) is 1.82. The number of urea groups is 1. The van der Waals surface area contributed by atoms with Crippen LogP contribution in [-0.2, 0) is 17.7 Å². The molecule has 4 heterocycles. The van der Waals surface area contributed by atoms with Crippen molar-refractivity contribution in [3.05, 3.63) is 11.8 Å². The number of hydrogen-bond donors (Lipinski definition) is 1.